The first kappa shape index (κ1) is 21.3. The molecular formula is C25H22N2O5S. The lowest BCUT2D eigenvalue weighted by atomic mass is 9.94. The first-order valence-corrected chi connectivity index (χ1v) is 11.5. The number of β-lactam (4-membered cyclic amide) rings is 1. The van der Waals surface area contributed by atoms with Crippen molar-refractivity contribution in [1.82, 2.24) is 10.2 Å². The molecule has 2 aromatic carbocycles. The van der Waals surface area contributed by atoms with Crippen LogP contribution < -0.4 is 10.1 Å². The van der Waals surface area contributed by atoms with Gasteiger partial charge in [-0.15, -0.1) is 11.8 Å². The van der Waals surface area contributed by atoms with E-state index in [0.29, 0.717) is 0 Å². The molecule has 2 aliphatic heterocycles. The fourth-order valence-corrected chi connectivity index (χ4v) is 5.51. The highest BCUT2D eigenvalue weighted by Crippen LogP contribution is 2.48. The highest BCUT2D eigenvalue weighted by Gasteiger charge is 2.56. The summed E-state index contributed by atoms with van der Waals surface area (Å²) in [5, 5.41) is 2.52. The molecule has 168 valence electrons. The lowest BCUT2D eigenvalue weighted by Crippen LogP contribution is -2.71. The summed E-state index contributed by atoms with van der Waals surface area (Å²) in [6.07, 6.45) is 4.02. The fourth-order valence-electron chi connectivity index (χ4n) is 4.03. The second kappa shape index (κ2) is 8.78. The van der Waals surface area contributed by atoms with E-state index in [1.54, 1.807) is 31.0 Å². The Balaban J connectivity index is 1.25. The third-order valence-electron chi connectivity index (χ3n) is 5.85. The van der Waals surface area contributed by atoms with Crippen LogP contribution in [-0.4, -0.2) is 46.5 Å². The van der Waals surface area contributed by atoms with E-state index in [1.165, 1.54) is 4.90 Å². The predicted molar refractivity (Wildman–Crippen MR) is 123 cm³/mol. The van der Waals surface area contributed by atoms with Crippen molar-refractivity contribution in [2.24, 2.45) is 0 Å². The van der Waals surface area contributed by atoms with Gasteiger partial charge in [-0.25, -0.2) is 4.79 Å². The number of hydrogen-bond acceptors (Lipinski definition) is 6. The Labute approximate surface area is 195 Å². The van der Waals surface area contributed by atoms with Crippen molar-refractivity contribution in [3.8, 4) is 5.75 Å². The Bertz CT molecular complexity index is 1160. The standard InChI is InChI=1S/C25H22N2O5S/c1-31-17-9-7-16(8-10-17)14-32-25(30)22-18-11-12-19(18)33-24-21(23(29)27(22)24)26-20(28)13-15-5-3-2-4-6-15/h2-12,19,21,24H,13-14H2,1H3,(H,26,28)/t19-,21-,24-/m1/s1. The number of carbonyl (C=O) groups is 3. The number of fused-ring (bicyclic) bond motifs is 2. The van der Waals surface area contributed by atoms with Gasteiger partial charge in [0.05, 0.1) is 18.8 Å². The molecule has 2 aromatic rings. The molecule has 33 heavy (non-hydrogen) atoms. The molecule has 2 amide bonds. The summed E-state index contributed by atoms with van der Waals surface area (Å²) in [5.41, 5.74) is 2.76. The van der Waals surface area contributed by atoms with Crippen LogP contribution in [0, 0.1) is 0 Å². The summed E-state index contributed by atoms with van der Waals surface area (Å²) in [6.45, 7) is 0.0884. The monoisotopic (exact) mass is 462 g/mol. The van der Waals surface area contributed by atoms with Crippen molar-refractivity contribution in [2.45, 2.75) is 29.7 Å². The number of amides is 2. The molecule has 1 aliphatic carbocycles. The zero-order chi connectivity index (χ0) is 22.9. The molecule has 5 rings (SSSR count). The maximum atomic E-state index is 13.0. The van der Waals surface area contributed by atoms with E-state index in [2.05, 4.69) is 5.32 Å². The van der Waals surface area contributed by atoms with Gasteiger partial charge in [0.15, 0.2) is 0 Å². The predicted octanol–water partition coefficient (Wildman–Crippen LogP) is 2.57. The van der Waals surface area contributed by atoms with Gasteiger partial charge in [-0.3, -0.25) is 14.5 Å². The van der Waals surface area contributed by atoms with E-state index < -0.39 is 12.0 Å². The molecule has 1 saturated heterocycles. The van der Waals surface area contributed by atoms with E-state index in [-0.39, 0.29) is 41.2 Å². The molecule has 0 spiro atoms. The number of allylic oxidation sites excluding steroid dienone is 1. The van der Waals surface area contributed by atoms with Gasteiger partial charge in [-0.05, 0) is 23.3 Å². The molecule has 7 nitrogen and oxygen atoms in total. The van der Waals surface area contributed by atoms with Crippen LogP contribution in [0.3, 0.4) is 0 Å². The Hall–Kier alpha value is -3.52. The van der Waals surface area contributed by atoms with Gasteiger partial charge in [0.1, 0.15) is 29.5 Å². The minimum absolute atomic E-state index is 0.0106. The number of esters is 1. The van der Waals surface area contributed by atoms with E-state index >= 15 is 0 Å². The van der Waals surface area contributed by atoms with Gasteiger partial charge < -0.3 is 14.8 Å². The van der Waals surface area contributed by atoms with Gasteiger partial charge in [-0.1, -0.05) is 54.6 Å². The number of rotatable bonds is 7. The summed E-state index contributed by atoms with van der Waals surface area (Å²) in [5.74, 6) is -0.335. The van der Waals surface area contributed by atoms with Crippen LogP contribution in [0.5, 0.6) is 5.75 Å². The maximum Gasteiger partial charge on any atom is 0.355 e. The lowest BCUT2D eigenvalue weighted by Gasteiger charge is -2.52. The van der Waals surface area contributed by atoms with Crippen molar-refractivity contribution >= 4 is 29.5 Å². The molecule has 8 heteroatoms. The van der Waals surface area contributed by atoms with Crippen molar-refractivity contribution < 1.29 is 23.9 Å². The SMILES string of the molecule is COc1ccc(COC(=O)C2=C3C=C[C@H]3S[C@@H]3[C@H](NC(=O)Cc4ccccc4)C(=O)N23)cc1. The van der Waals surface area contributed by atoms with Gasteiger partial charge in [0.25, 0.3) is 5.91 Å². The number of nitrogens with one attached hydrogen (secondary N) is 1. The van der Waals surface area contributed by atoms with Gasteiger partial charge in [0.2, 0.25) is 5.91 Å². The molecule has 0 radical (unpaired) electrons. The van der Waals surface area contributed by atoms with Gasteiger partial charge in [0, 0.05) is 5.57 Å². The van der Waals surface area contributed by atoms with Crippen LogP contribution in [-0.2, 0) is 32.1 Å². The summed E-state index contributed by atoms with van der Waals surface area (Å²) in [6, 6.07) is 15.9. The van der Waals surface area contributed by atoms with Crippen molar-refractivity contribution in [3.05, 3.63) is 89.1 Å². The maximum absolute atomic E-state index is 13.0. The minimum Gasteiger partial charge on any atom is -0.497 e. The molecule has 3 aliphatic rings. The van der Waals surface area contributed by atoms with Gasteiger partial charge in [-0.2, -0.15) is 0 Å². The smallest absolute Gasteiger partial charge is 0.355 e. The Morgan fingerprint density at radius 3 is 2.48 bits per heavy atom. The number of carbonyl (C=O) groups excluding carboxylic acids is 3. The van der Waals surface area contributed by atoms with Gasteiger partial charge >= 0.3 is 5.97 Å². The summed E-state index contributed by atoms with van der Waals surface area (Å²) in [7, 11) is 1.59. The molecule has 0 saturated carbocycles. The highest BCUT2D eigenvalue weighted by molar-refractivity contribution is 8.01. The molecule has 1 fully saturated rings. The second-order valence-electron chi connectivity index (χ2n) is 7.95. The Kier molecular flexibility index (Phi) is 5.68. The van der Waals surface area contributed by atoms with Crippen LogP contribution in [0.25, 0.3) is 0 Å². The quantitative estimate of drug-likeness (QED) is 0.503. The van der Waals surface area contributed by atoms with Crippen LogP contribution in [0.1, 0.15) is 11.1 Å². The van der Waals surface area contributed by atoms with E-state index in [9.17, 15) is 14.4 Å². The third kappa shape index (κ3) is 4.02. The summed E-state index contributed by atoms with van der Waals surface area (Å²) >= 11 is 1.55. The van der Waals surface area contributed by atoms with E-state index in [1.807, 2.05) is 54.6 Å². The van der Waals surface area contributed by atoms with Crippen LogP contribution in [0.15, 0.2) is 78.0 Å². The van der Waals surface area contributed by atoms with Crippen LogP contribution >= 0.6 is 11.8 Å². The summed E-state index contributed by atoms with van der Waals surface area (Å²) < 4.78 is 10.7. The van der Waals surface area contributed by atoms with Crippen molar-refractivity contribution in [3.63, 3.8) is 0 Å². The first-order chi connectivity index (χ1) is 16.0. The Morgan fingerprint density at radius 1 is 1.06 bits per heavy atom. The largest absolute Gasteiger partial charge is 0.497 e. The first-order valence-electron chi connectivity index (χ1n) is 10.6. The molecule has 1 N–H and O–H groups in total. The number of methoxy groups -OCH3 is 1. The molecule has 3 atom stereocenters. The molecule has 0 aromatic heterocycles. The number of hydrogen-bond donors (Lipinski definition) is 1. The van der Waals surface area contributed by atoms with Crippen LogP contribution in [0.4, 0.5) is 0 Å². The zero-order valence-corrected chi connectivity index (χ0v) is 18.7. The average molecular weight is 463 g/mol. The second-order valence-corrected chi connectivity index (χ2v) is 9.21. The number of ether oxygens (including phenoxy) is 2. The zero-order valence-electron chi connectivity index (χ0n) is 17.9. The Morgan fingerprint density at radius 2 is 1.82 bits per heavy atom. The highest BCUT2D eigenvalue weighted by atomic mass is 32.2. The normalized spacial score (nSPS) is 22.5. The number of nitrogens with zero attached hydrogens (tertiary/aromatic N) is 1. The van der Waals surface area contributed by atoms with Crippen LogP contribution in [0.2, 0.25) is 0 Å². The van der Waals surface area contributed by atoms with E-state index in [0.717, 1.165) is 22.4 Å². The third-order valence-corrected chi connectivity index (χ3v) is 7.31. The minimum atomic E-state index is -0.661. The molecular weight excluding hydrogens is 440 g/mol. The lowest BCUT2D eigenvalue weighted by molar-refractivity contribution is -0.153. The fraction of sp³-hybridized carbons (Fsp3) is 0.240. The number of benzene rings is 2. The topological polar surface area (TPSA) is 84.9 Å². The molecule has 2 heterocycles. The number of thioether (sulfide) groups is 1. The average Bonchev–Trinajstić information content (AvgIpc) is 2.82. The summed E-state index contributed by atoms with van der Waals surface area (Å²) in [4.78, 5) is 39.9. The molecule has 0 unspecified atom stereocenters. The molecule has 0 bridgehead atoms. The van der Waals surface area contributed by atoms with Crippen molar-refractivity contribution in [1.29, 1.82) is 0 Å². The van der Waals surface area contributed by atoms with Crippen molar-refractivity contribution in [2.75, 3.05) is 7.11 Å². The van der Waals surface area contributed by atoms with E-state index in [4.69, 9.17) is 9.47 Å².